The standard InChI is InChI=1S/C39H58N4O11/c1-24(45)41-32-34(48)33(47)31(23-44)54-37(32)53-19-18-52-17-16-51-15-14-40-36(50)26-9-11-28(12-10-26)42-43-29-21-25(8-13-30(29)46)20-27(22-38(2,3)4)35(49)39(5,6)7/h8-13,21,27,31-34,37,44,46-48H,14-20,22-23H2,1-7H3,(H,40,50)(H,41,45)/t27?,31?,32-,33-,34?,37+/m0/s1. The maximum atomic E-state index is 13.3. The number of nitrogens with zero attached hydrogens (tertiary/aromatic N) is 2. The van der Waals surface area contributed by atoms with E-state index in [1.54, 1.807) is 42.5 Å². The lowest BCUT2D eigenvalue weighted by molar-refractivity contribution is -0.272. The van der Waals surface area contributed by atoms with E-state index in [0.717, 1.165) is 12.0 Å². The third kappa shape index (κ3) is 14.4. The lowest BCUT2D eigenvalue weighted by Gasteiger charge is -2.42. The van der Waals surface area contributed by atoms with Gasteiger partial charge in [-0.2, -0.15) is 5.11 Å². The molecule has 0 spiro atoms. The Morgan fingerprint density at radius 2 is 1.54 bits per heavy atom. The SMILES string of the molecule is CC(=O)N[C@H]1C(O)[C@@H](O)C(CO)O[C@H]1OCCOCCOCCNC(=O)c1ccc(N=Nc2cc(CC(CC(C)(C)C)C(=O)C(C)(C)C)ccc2O)cc1. The van der Waals surface area contributed by atoms with Crippen LogP contribution < -0.4 is 10.6 Å². The molecule has 0 bridgehead atoms. The maximum absolute atomic E-state index is 13.3. The van der Waals surface area contributed by atoms with E-state index in [1.807, 2.05) is 20.8 Å². The Morgan fingerprint density at radius 3 is 2.15 bits per heavy atom. The molecule has 1 fully saturated rings. The van der Waals surface area contributed by atoms with Gasteiger partial charge in [0.05, 0.1) is 45.3 Å². The zero-order valence-corrected chi connectivity index (χ0v) is 32.4. The average molecular weight is 759 g/mol. The first-order valence-electron chi connectivity index (χ1n) is 18.2. The molecule has 0 aliphatic carbocycles. The van der Waals surface area contributed by atoms with E-state index in [0.29, 0.717) is 17.7 Å². The fraction of sp³-hybridized carbons (Fsp3) is 0.615. The molecule has 1 aliphatic heterocycles. The number of phenols is 1. The molecule has 1 saturated heterocycles. The summed E-state index contributed by atoms with van der Waals surface area (Å²) in [6.45, 7) is 14.1. The molecule has 1 heterocycles. The number of hydrogen-bond donors (Lipinski definition) is 6. The molecule has 54 heavy (non-hydrogen) atoms. The fourth-order valence-corrected chi connectivity index (χ4v) is 5.96. The minimum Gasteiger partial charge on any atom is -0.506 e. The van der Waals surface area contributed by atoms with Crippen LogP contribution in [0, 0.1) is 16.7 Å². The second-order valence-electron chi connectivity index (χ2n) is 15.6. The third-order valence-corrected chi connectivity index (χ3v) is 8.56. The van der Waals surface area contributed by atoms with Crippen LogP contribution in [0.3, 0.4) is 0 Å². The van der Waals surface area contributed by atoms with Gasteiger partial charge < -0.3 is 50.0 Å². The molecule has 0 aromatic heterocycles. The predicted octanol–water partition coefficient (Wildman–Crippen LogP) is 3.74. The molecule has 3 unspecified atom stereocenters. The van der Waals surface area contributed by atoms with Crippen LogP contribution in [0.2, 0.25) is 0 Å². The number of aromatic hydroxyl groups is 1. The number of azo groups is 1. The monoisotopic (exact) mass is 758 g/mol. The average Bonchev–Trinajstić information content (AvgIpc) is 3.10. The normalized spacial score (nSPS) is 21.2. The predicted molar refractivity (Wildman–Crippen MR) is 200 cm³/mol. The first-order valence-corrected chi connectivity index (χ1v) is 18.2. The van der Waals surface area contributed by atoms with Crippen molar-refractivity contribution in [2.75, 3.05) is 46.2 Å². The lowest BCUT2D eigenvalue weighted by atomic mass is 9.73. The number of aliphatic hydroxyl groups excluding tert-OH is 3. The highest BCUT2D eigenvalue weighted by Gasteiger charge is 2.45. The molecule has 0 saturated carbocycles. The number of phenolic OH excluding ortho intramolecular Hbond substituents is 1. The third-order valence-electron chi connectivity index (χ3n) is 8.56. The number of amides is 2. The molecule has 0 radical (unpaired) electrons. The van der Waals surface area contributed by atoms with E-state index in [2.05, 4.69) is 41.6 Å². The summed E-state index contributed by atoms with van der Waals surface area (Å²) in [5.74, 6) is -0.741. The number of Topliss-reactive ketones (excluding diaryl/α,β-unsaturated/α-hetero) is 1. The van der Waals surface area contributed by atoms with Crippen molar-refractivity contribution < 1.29 is 53.8 Å². The molecule has 15 heteroatoms. The highest BCUT2D eigenvalue weighted by atomic mass is 16.7. The Morgan fingerprint density at radius 1 is 0.889 bits per heavy atom. The van der Waals surface area contributed by atoms with Gasteiger partial charge in [0, 0.05) is 30.4 Å². The summed E-state index contributed by atoms with van der Waals surface area (Å²) < 4.78 is 22.1. The molecule has 2 aromatic rings. The number of carbonyl (C=O) groups is 3. The highest BCUT2D eigenvalue weighted by molar-refractivity contribution is 5.94. The number of carbonyl (C=O) groups excluding carboxylic acids is 3. The Hall–Kier alpha value is -3.83. The zero-order chi connectivity index (χ0) is 40.1. The second kappa shape index (κ2) is 20.7. The number of nitrogens with one attached hydrogen (secondary N) is 2. The van der Waals surface area contributed by atoms with Gasteiger partial charge in [0.2, 0.25) is 5.91 Å². The molecular formula is C39H58N4O11. The zero-order valence-electron chi connectivity index (χ0n) is 32.4. The van der Waals surface area contributed by atoms with Crippen LogP contribution >= 0.6 is 0 Å². The lowest BCUT2D eigenvalue weighted by Crippen LogP contribution is -2.64. The topological polar surface area (TPSA) is 218 Å². The molecule has 15 nitrogen and oxygen atoms in total. The second-order valence-corrected chi connectivity index (χ2v) is 15.6. The van der Waals surface area contributed by atoms with Gasteiger partial charge >= 0.3 is 0 Å². The van der Waals surface area contributed by atoms with Crippen LogP contribution in [-0.4, -0.2) is 115 Å². The number of hydrogen-bond acceptors (Lipinski definition) is 13. The molecule has 6 N–H and O–H groups in total. The van der Waals surface area contributed by atoms with Crippen LogP contribution in [0.1, 0.15) is 70.8 Å². The van der Waals surface area contributed by atoms with E-state index in [-0.39, 0.29) is 74.0 Å². The molecule has 2 amide bonds. The molecule has 2 aromatic carbocycles. The summed E-state index contributed by atoms with van der Waals surface area (Å²) in [7, 11) is 0. The van der Waals surface area contributed by atoms with E-state index >= 15 is 0 Å². The van der Waals surface area contributed by atoms with Crippen LogP contribution in [0.4, 0.5) is 11.4 Å². The van der Waals surface area contributed by atoms with Crippen LogP contribution in [0.15, 0.2) is 52.7 Å². The summed E-state index contributed by atoms with van der Waals surface area (Å²) in [6.07, 6.45) is -3.68. The minimum absolute atomic E-state index is 0.0279. The highest BCUT2D eigenvalue weighted by Crippen LogP contribution is 2.35. The minimum atomic E-state index is -1.39. The summed E-state index contributed by atoms with van der Waals surface area (Å²) in [5, 5.41) is 54.0. The molecule has 1 aliphatic rings. The number of aliphatic hydroxyl groups is 3. The van der Waals surface area contributed by atoms with E-state index in [1.165, 1.54) is 6.92 Å². The molecule has 3 rings (SSSR count). The largest absolute Gasteiger partial charge is 0.506 e. The van der Waals surface area contributed by atoms with Crippen molar-refractivity contribution in [1.82, 2.24) is 10.6 Å². The number of rotatable bonds is 19. The van der Waals surface area contributed by atoms with Gasteiger partial charge in [-0.15, -0.1) is 5.11 Å². The smallest absolute Gasteiger partial charge is 0.251 e. The Labute approximate surface area is 317 Å². The summed E-state index contributed by atoms with van der Waals surface area (Å²) in [6, 6.07) is 10.6. The number of ether oxygens (including phenoxy) is 4. The Bertz CT molecular complexity index is 1540. The summed E-state index contributed by atoms with van der Waals surface area (Å²) in [4.78, 5) is 37.4. The van der Waals surface area contributed by atoms with Crippen molar-refractivity contribution in [3.63, 3.8) is 0 Å². The van der Waals surface area contributed by atoms with Gasteiger partial charge in [0.25, 0.3) is 5.91 Å². The fourth-order valence-electron chi connectivity index (χ4n) is 5.96. The Balaban J connectivity index is 1.38. The van der Waals surface area contributed by atoms with Crippen molar-refractivity contribution in [1.29, 1.82) is 0 Å². The van der Waals surface area contributed by atoms with Crippen LogP contribution in [-0.2, 0) is 35.0 Å². The first-order chi connectivity index (χ1) is 25.4. The Kier molecular flexibility index (Phi) is 17.1. The van der Waals surface area contributed by atoms with Crippen molar-refractivity contribution in [2.24, 2.45) is 27.0 Å². The quantitative estimate of drug-likeness (QED) is 0.0896. The van der Waals surface area contributed by atoms with Gasteiger partial charge in [-0.25, -0.2) is 0 Å². The van der Waals surface area contributed by atoms with Gasteiger partial charge in [0.15, 0.2) is 6.29 Å². The van der Waals surface area contributed by atoms with Crippen LogP contribution in [0.25, 0.3) is 0 Å². The van der Waals surface area contributed by atoms with E-state index in [4.69, 9.17) is 18.9 Å². The van der Waals surface area contributed by atoms with Gasteiger partial charge in [-0.1, -0.05) is 47.6 Å². The molecular weight excluding hydrogens is 700 g/mol. The number of ketones is 1. The molecule has 6 atom stereocenters. The summed E-state index contributed by atoms with van der Waals surface area (Å²) in [5.41, 5.74) is 1.58. The van der Waals surface area contributed by atoms with Crippen molar-refractivity contribution in [3.8, 4) is 5.75 Å². The van der Waals surface area contributed by atoms with Crippen molar-refractivity contribution in [2.45, 2.75) is 92.0 Å². The maximum Gasteiger partial charge on any atom is 0.251 e. The van der Waals surface area contributed by atoms with Crippen molar-refractivity contribution in [3.05, 3.63) is 53.6 Å². The first kappa shape index (κ1) is 44.6. The van der Waals surface area contributed by atoms with Gasteiger partial charge in [-0.05, 0) is 60.2 Å². The van der Waals surface area contributed by atoms with E-state index in [9.17, 15) is 34.8 Å². The summed E-state index contributed by atoms with van der Waals surface area (Å²) >= 11 is 0. The van der Waals surface area contributed by atoms with Gasteiger partial charge in [-0.3, -0.25) is 14.4 Å². The van der Waals surface area contributed by atoms with Crippen molar-refractivity contribution >= 4 is 29.0 Å². The number of benzene rings is 2. The van der Waals surface area contributed by atoms with Gasteiger partial charge in [0.1, 0.15) is 41.6 Å². The molecule has 300 valence electrons. The van der Waals surface area contributed by atoms with Crippen LogP contribution in [0.5, 0.6) is 5.75 Å². The van der Waals surface area contributed by atoms with E-state index < -0.39 is 48.6 Å².